The van der Waals surface area contributed by atoms with Crippen LogP contribution in [-0.2, 0) is 19.2 Å². The van der Waals surface area contributed by atoms with Crippen molar-refractivity contribution < 1.29 is 33.1 Å². The highest BCUT2D eigenvalue weighted by molar-refractivity contribution is 6.58. The predicted octanol–water partition coefficient (Wildman–Crippen LogP) is 5.57. The van der Waals surface area contributed by atoms with E-state index in [0.717, 1.165) is 55.2 Å². The number of carbonyl (C=O) groups excluding carboxylic acids is 4. The van der Waals surface area contributed by atoms with Gasteiger partial charge in [-0.05, 0) is 61.9 Å². The molecule has 0 spiro atoms. The van der Waals surface area contributed by atoms with Gasteiger partial charge in [-0.1, -0.05) is 43.0 Å². The van der Waals surface area contributed by atoms with Crippen molar-refractivity contribution in [2.24, 2.45) is 17.8 Å². The SMILES string of the molecule is O=C1[C@H]2[C@H](CC=C3[C@H]2C[C@@]2(Cl)C(=O)N(c4ccc(F)cc4)C(=O)[C@@]2(Cl)[C@H]3c2cccc(F)c2O)C(=O)N1C1CCCCC1. The summed E-state index contributed by atoms with van der Waals surface area (Å²) >= 11 is 14.5. The summed E-state index contributed by atoms with van der Waals surface area (Å²) < 4.78 is 28.6. The third-order valence-corrected chi connectivity index (χ3v) is 11.6. The maximum absolute atomic E-state index is 14.8. The first-order valence-corrected chi connectivity index (χ1v) is 15.3. The second kappa shape index (κ2) is 9.86. The first-order valence-electron chi connectivity index (χ1n) is 14.6. The van der Waals surface area contributed by atoms with E-state index in [4.69, 9.17) is 23.2 Å². The lowest BCUT2D eigenvalue weighted by Gasteiger charge is -2.50. The maximum Gasteiger partial charge on any atom is 0.258 e. The van der Waals surface area contributed by atoms with Crippen molar-refractivity contribution >= 4 is 52.5 Å². The Balaban J connectivity index is 1.39. The molecule has 3 aliphatic carbocycles. The van der Waals surface area contributed by atoms with Crippen LogP contribution in [0.4, 0.5) is 14.5 Å². The van der Waals surface area contributed by atoms with Gasteiger partial charge in [-0.3, -0.25) is 24.1 Å². The lowest BCUT2D eigenvalue weighted by molar-refractivity contribution is -0.143. The molecule has 0 bridgehead atoms. The monoisotopic (exact) mass is 628 g/mol. The van der Waals surface area contributed by atoms with Gasteiger partial charge in [0.15, 0.2) is 21.3 Å². The highest BCUT2D eigenvalue weighted by Gasteiger charge is 2.77. The normalized spacial score (nSPS) is 34.3. The molecule has 0 unspecified atom stereocenters. The largest absolute Gasteiger partial charge is 0.505 e. The number of likely N-dealkylation sites (tertiary alicyclic amines) is 1. The van der Waals surface area contributed by atoms with E-state index < -0.39 is 62.6 Å². The van der Waals surface area contributed by atoms with Crippen LogP contribution in [0.1, 0.15) is 56.4 Å². The summed E-state index contributed by atoms with van der Waals surface area (Å²) in [5, 5.41) is 10.9. The van der Waals surface area contributed by atoms with Crippen LogP contribution in [0.15, 0.2) is 54.1 Å². The average molecular weight is 629 g/mol. The Kier molecular flexibility index (Phi) is 6.53. The summed E-state index contributed by atoms with van der Waals surface area (Å²) in [7, 11) is 0. The number of anilines is 1. The third-order valence-electron chi connectivity index (χ3n) is 10.2. The Hall–Kier alpha value is -3.30. The summed E-state index contributed by atoms with van der Waals surface area (Å²) in [5.74, 6) is -8.30. The maximum atomic E-state index is 14.8. The number of nitrogens with zero attached hydrogens (tertiary/aromatic N) is 2. The van der Waals surface area contributed by atoms with E-state index in [0.29, 0.717) is 5.57 Å². The number of alkyl halides is 2. The van der Waals surface area contributed by atoms with Crippen molar-refractivity contribution in [3.63, 3.8) is 0 Å². The number of phenolic OH excluding ortho intramolecular Hbond substituents is 1. The molecule has 2 saturated heterocycles. The molecule has 11 heteroatoms. The lowest BCUT2D eigenvalue weighted by atomic mass is 9.56. The summed E-state index contributed by atoms with van der Waals surface area (Å²) in [6.07, 6.45) is 6.02. The molecule has 2 aromatic carbocycles. The number of allylic oxidation sites excluding steroid dienone is 2. The van der Waals surface area contributed by atoms with Gasteiger partial charge in [0, 0.05) is 17.5 Å². The minimum absolute atomic E-state index is 0.0403. The molecule has 4 amide bonds. The molecule has 4 fully saturated rings. The number of carbonyl (C=O) groups is 4. The molecule has 43 heavy (non-hydrogen) atoms. The Bertz CT molecular complexity index is 1610. The third kappa shape index (κ3) is 3.76. The number of benzene rings is 2. The van der Waals surface area contributed by atoms with Crippen LogP contribution in [0.3, 0.4) is 0 Å². The molecule has 6 atom stereocenters. The summed E-state index contributed by atoms with van der Waals surface area (Å²) in [4.78, 5) is 54.1. The Morgan fingerprint density at radius 3 is 2.26 bits per heavy atom. The van der Waals surface area contributed by atoms with Crippen molar-refractivity contribution in [2.75, 3.05) is 4.90 Å². The van der Waals surface area contributed by atoms with E-state index in [-0.39, 0.29) is 41.9 Å². The van der Waals surface area contributed by atoms with E-state index in [2.05, 4.69) is 0 Å². The van der Waals surface area contributed by atoms with Crippen LogP contribution in [0.5, 0.6) is 5.75 Å². The summed E-state index contributed by atoms with van der Waals surface area (Å²) in [5.41, 5.74) is 0.443. The van der Waals surface area contributed by atoms with Gasteiger partial charge in [-0.25, -0.2) is 13.7 Å². The minimum atomic E-state index is -2.24. The highest BCUT2D eigenvalue weighted by atomic mass is 35.5. The number of amides is 4. The molecule has 224 valence electrons. The van der Waals surface area contributed by atoms with Crippen molar-refractivity contribution in [1.82, 2.24) is 4.90 Å². The standard InChI is InChI=1S/C32H28Cl2F2N2O5/c33-31-15-22-19(13-14-20-24(22)28(41)37(27(20)40)17-5-2-1-3-6-17)25(21-7-4-8-23(36)26(21)39)32(31,34)30(43)38(29(31)42)18-11-9-16(35)10-12-18/h4,7-13,17,20,22,24-25,39H,1-3,5-6,14-15H2/t20-,22+,24-,25+,31+,32-/m0/s1. The molecule has 0 aromatic heterocycles. The number of hydrogen-bond donors (Lipinski definition) is 1. The molecule has 2 aromatic rings. The molecule has 1 N–H and O–H groups in total. The Labute approximate surface area is 256 Å². The van der Waals surface area contributed by atoms with Gasteiger partial charge < -0.3 is 5.11 Å². The van der Waals surface area contributed by atoms with Crippen molar-refractivity contribution in [2.45, 2.75) is 66.7 Å². The topological polar surface area (TPSA) is 95.0 Å². The number of rotatable bonds is 3. The Morgan fingerprint density at radius 2 is 1.56 bits per heavy atom. The van der Waals surface area contributed by atoms with E-state index in [1.807, 2.05) is 0 Å². The Morgan fingerprint density at radius 1 is 0.860 bits per heavy atom. The first kappa shape index (κ1) is 28.5. The molecule has 2 saturated carbocycles. The molecule has 2 aliphatic heterocycles. The predicted molar refractivity (Wildman–Crippen MR) is 153 cm³/mol. The van der Waals surface area contributed by atoms with E-state index in [1.165, 1.54) is 29.2 Å². The molecule has 5 aliphatic rings. The van der Waals surface area contributed by atoms with Crippen molar-refractivity contribution in [3.05, 3.63) is 71.3 Å². The van der Waals surface area contributed by atoms with Crippen LogP contribution < -0.4 is 4.90 Å². The average Bonchev–Trinajstić information content (AvgIpc) is 3.34. The van der Waals surface area contributed by atoms with Crippen LogP contribution >= 0.6 is 23.2 Å². The highest BCUT2D eigenvalue weighted by Crippen LogP contribution is 2.66. The van der Waals surface area contributed by atoms with Gasteiger partial charge in [-0.15, -0.1) is 23.2 Å². The number of para-hydroxylation sites is 1. The fourth-order valence-electron chi connectivity index (χ4n) is 8.23. The molecule has 7 rings (SSSR count). The van der Waals surface area contributed by atoms with E-state index >= 15 is 0 Å². The molecule has 2 heterocycles. The molecular formula is C32H28Cl2F2N2O5. The van der Waals surface area contributed by atoms with Gasteiger partial charge in [0.05, 0.1) is 17.5 Å². The number of imide groups is 2. The van der Waals surface area contributed by atoms with Crippen LogP contribution in [-0.4, -0.2) is 49.4 Å². The fourth-order valence-corrected chi connectivity index (χ4v) is 9.16. The second-order valence-electron chi connectivity index (χ2n) is 12.3. The summed E-state index contributed by atoms with van der Waals surface area (Å²) in [6.45, 7) is 0. The molecule has 0 radical (unpaired) electrons. The second-order valence-corrected chi connectivity index (χ2v) is 13.5. The molecule has 7 nitrogen and oxygen atoms in total. The van der Waals surface area contributed by atoms with Gasteiger partial charge >= 0.3 is 0 Å². The van der Waals surface area contributed by atoms with Gasteiger partial charge in [0.2, 0.25) is 11.8 Å². The van der Waals surface area contributed by atoms with E-state index in [1.54, 1.807) is 6.08 Å². The fraction of sp³-hybridized carbons (Fsp3) is 0.438. The van der Waals surface area contributed by atoms with Crippen LogP contribution in [0.25, 0.3) is 0 Å². The van der Waals surface area contributed by atoms with Gasteiger partial charge in [0.25, 0.3) is 11.8 Å². The van der Waals surface area contributed by atoms with Gasteiger partial charge in [-0.2, -0.15) is 0 Å². The number of fused-ring (bicyclic) bond motifs is 4. The van der Waals surface area contributed by atoms with Crippen LogP contribution in [0.2, 0.25) is 0 Å². The smallest absolute Gasteiger partial charge is 0.258 e. The van der Waals surface area contributed by atoms with Crippen molar-refractivity contribution in [3.8, 4) is 5.75 Å². The zero-order chi connectivity index (χ0) is 30.4. The number of halogens is 4. The van der Waals surface area contributed by atoms with E-state index in [9.17, 15) is 33.1 Å². The zero-order valence-corrected chi connectivity index (χ0v) is 24.5. The first-order chi connectivity index (χ1) is 20.5. The van der Waals surface area contributed by atoms with Gasteiger partial charge in [0.1, 0.15) is 5.82 Å². The zero-order valence-electron chi connectivity index (χ0n) is 22.9. The number of aromatic hydroxyl groups is 1. The lowest BCUT2D eigenvalue weighted by Crippen LogP contribution is -2.60. The number of phenols is 1. The minimum Gasteiger partial charge on any atom is -0.505 e. The van der Waals surface area contributed by atoms with Crippen molar-refractivity contribution in [1.29, 1.82) is 0 Å². The number of hydrogen-bond acceptors (Lipinski definition) is 5. The van der Waals surface area contributed by atoms with Crippen LogP contribution in [0, 0.1) is 29.4 Å². The quantitative estimate of drug-likeness (QED) is 0.273. The summed E-state index contributed by atoms with van der Waals surface area (Å²) in [6, 6.07) is 8.29. The molecular weight excluding hydrogens is 601 g/mol.